The Labute approximate surface area is 163 Å². The maximum atomic E-state index is 5.97. The number of likely N-dealkylation sites (N-methyl/N-ethyl adjacent to an activating group) is 2. The molecule has 0 aromatic heterocycles. The number of likely N-dealkylation sites (tertiary alicyclic amines) is 1. The van der Waals surface area contributed by atoms with Crippen molar-refractivity contribution in [2.24, 2.45) is 5.92 Å². The predicted octanol–water partition coefficient (Wildman–Crippen LogP) is 2.89. The molecule has 4 heteroatoms. The summed E-state index contributed by atoms with van der Waals surface area (Å²) < 4.78 is 5.97. The largest absolute Gasteiger partial charge is 0.495 e. The molecule has 0 N–H and O–H groups in total. The van der Waals surface area contributed by atoms with Gasteiger partial charge in [0.2, 0.25) is 0 Å². The van der Waals surface area contributed by atoms with Gasteiger partial charge in [-0.25, -0.2) is 0 Å². The lowest BCUT2D eigenvalue weighted by atomic mass is 9.60. The van der Waals surface area contributed by atoms with Gasteiger partial charge in [-0.2, -0.15) is 0 Å². The average molecular weight is 368 g/mol. The third kappa shape index (κ3) is 2.01. The molecule has 5 atom stereocenters. The first-order valence-electron chi connectivity index (χ1n) is 11.0. The number of benzene rings is 1. The van der Waals surface area contributed by atoms with Gasteiger partial charge in [0, 0.05) is 43.2 Å². The van der Waals surface area contributed by atoms with Crippen LogP contribution < -0.4 is 9.64 Å². The van der Waals surface area contributed by atoms with Crippen LogP contribution in [-0.4, -0.2) is 68.8 Å². The number of piperidine rings is 1. The van der Waals surface area contributed by atoms with Crippen LogP contribution in [0.5, 0.6) is 5.75 Å². The zero-order valence-electron chi connectivity index (χ0n) is 17.1. The van der Waals surface area contributed by atoms with E-state index in [-0.39, 0.29) is 0 Å². The summed E-state index contributed by atoms with van der Waals surface area (Å²) in [6.07, 6.45) is 8.32. The lowest BCUT2D eigenvalue weighted by molar-refractivity contribution is 0.148. The second kappa shape index (κ2) is 5.42. The summed E-state index contributed by atoms with van der Waals surface area (Å²) in [5.74, 6) is 1.98. The van der Waals surface area contributed by atoms with Gasteiger partial charge in [-0.15, -0.1) is 0 Å². The Hall–Kier alpha value is -1.26. The molecule has 27 heavy (non-hydrogen) atoms. The first kappa shape index (κ1) is 16.7. The van der Waals surface area contributed by atoms with Crippen molar-refractivity contribution < 1.29 is 4.74 Å². The number of ether oxygens (including phenoxy) is 1. The smallest absolute Gasteiger partial charge is 0.142 e. The zero-order valence-corrected chi connectivity index (χ0v) is 17.1. The second-order valence-corrected chi connectivity index (χ2v) is 9.99. The monoisotopic (exact) mass is 367 g/mol. The highest BCUT2D eigenvalue weighted by Gasteiger charge is 2.76. The highest BCUT2D eigenvalue weighted by atomic mass is 16.5. The summed E-state index contributed by atoms with van der Waals surface area (Å²) in [5, 5.41) is 0. The summed E-state index contributed by atoms with van der Waals surface area (Å²) in [7, 11) is 6.48. The summed E-state index contributed by atoms with van der Waals surface area (Å²) in [5.41, 5.74) is 5.56. The van der Waals surface area contributed by atoms with E-state index in [0.29, 0.717) is 11.0 Å². The summed E-state index contributed by atoms with van der Waals surface area (Å²) in [6, 6.07) is 5.84. The van der Waals surface area contributed by atoms with E-state index in [4.69, 9.17) is 4.74 Å². The third-order valence-corrected chi connectivity index (χ3v) is 8.98. The maximum Gasteiger partial charge on any atom is 0.142 e. The number of piperazine rings is 1. The molecule has 1 aromatic carbocycles. The molecule has 5 aliphatic rings. The molecule has 4 fully saturated rings. The molecule has 2 saturated heterocycles. The Kier molecular flexibility index (Phi) is 3.34. The minimum absolute atomic E-state index is 0.441. The topological polar surface area (TPSA) is 18.7 Å². The Morgan fingerprint density at radius 2 is 1.89 bits per heavy atom. The minimum atomic E-state index is 0.441. The molecule has 4 nitrogen and oxygen atoms in total. The first-order valence-corrected chi connectivity index (χ1v) is 11.0. The fraction of sp³-hybridized carbons (Fsp3) is 0.739. The predicted molar refractivity (Wildman–Crippen MR) is 109 cm³/mol. The molecule has 146 valence electrons. The SMILES string of the molecule is COc1cc2c(cc1N1CCN(C)CC1)CC13C[C@]24CCCC[C@@H]4[C@H]1N3C. The molecule has 2 unspecified atom stereocenters. The van der Waals surface area contributed by atoms with Crippen LogP contribution in [0, 0.1) is 5.92 Å². The number of fused-ring (bicyclic) bond motifs is 2. The molecule has 1 aromatic rings. The van der Waals surface area contributed by atoms with Gasteiger partial charge in [-0.05, 0) is 69.0 Å². The van der Waals surface area contributed by atoms with Crippen molar-refractivity contribution in [3.05, 3.63) is 23.3 Å². The van der Waals surface area contributed by atoms with Crippen molar-refractivity contribution in [2.75, 3.05) is 52.3 Å². The minimum Gasteiger partial charge on any atom is -0.495 e. The Morgan fingerprint density at radius 1 is 1.07 bits per heavy atom. The molecule has 2 heterocycles. The standard InChI is InChI=1S/C23H33N3O/c1-24-8-10-26(11-9-24)19-12-16-14-23-15-22(18(16)13-20(19)27-3)7-5-4-6-17(22)21(23)25(23)2/h12-13,17,21H,4-11,14-15H2,1-3H3/t17-,21-,22+,23?,25?/m1/s1. The maximum absolute atomic E-state index is 5.97. The van der Waals surface area contributed by atoms with Crippen molar-refractivity contribution in [1.29, 1.82) is 0 Å². The lowest BCUT2D eigenvalue weighted by Gasteiger charge is -2.47. The van der Waals surface area contributed by atoms with Gasteiger partial charge in [0.1, 0.15) is 5.75 Å². The summed E-state index contributed by atoms with van der Waals surface area (Å²) >= 11 is 0. The second-order valence-electron chi connectivity index (χ2n) is 9.99. The number of nitrogens with zero attached hydrogens (tertiary/aromatic N) is 3. The molecule has 2 saturated carbocycles. The van der Waals surface area contributed by atoms with Crippen LogP contribution in [0.25, 0.3) is 0 Å². The van der Waals surface area contributed by atoms with E-state index in [1.54, 1.807) is 11.1 Å². The number of methoxy groups -OCH3 is 1. The lowest BCUT2D eigenvalue weighted by Crippen LogP contribution is -2.45. The van der Waals surface area contributed by atoms with Crippen molar-refractivity contribution >= 4 is 5.69 Å². The van der Waals surface area contributed by atoms with Crippen molar-refractivity contribution in [3.8, 4) is 5.75 Å². The van der Waals surface area contributed by atoms with E-state index in [1.807, 2.05) is 7.11 Å². The van der Waals surface area contributed by atoms with E-state index < -0.39 is 0 Å². The molecule has 2 bridgehead atoms. The Balaban J connectivity index is 1.46. The third-order valence-electron chi connectivity index (χ3n) is 8.98. The Morgan fingerprint density at radius 3 is 2.67 bits per heavy atom. The van der Waals surface area contributed by atoms with Gasteiger partial charge in [0.25, 0.3) is 0 Å². The molecular weight excluding hydrogens is 334 g/mol. The number of anilines is 1. The van der Waals surface area contributed by atoms with Gasteiger partial charge >= 0.3 is 0 Å². The van der Waals surface area contributed by atoms with Gasteiger partial charge < -0.3 is 14.5 Å². The van der Waals surface area contributed by atoms with Crippen LogP contribution in [0.4, 0.5) is 5.69 Å². The molecule has 6 rings (SSSR count). The van der Waals surface area contributed by atoms with Crippen LogP contribution in [-0.2, 0) is 11.8 Å². The Bertz CT molecular complexity index is 786. The average Bonchev–Trinajstić information content (AvgIpc) is 3.11. The molecule has 3 aliphatic carbocycles. The van der Waals surface area contributed by atoms with E-state index in [0.717, 1.165) is 43.9 Å². The number of hydrogen-bond acceptors (Lipinski definition) is 4. The first-order chi connectivity index (χ1) is 13.1. The summed E-state index contributed by atoms with van der Waals surface area (Å²) in [6.45, 7) is 4.49. The van der Waals surface area contributed by atoms with Gasteiger partial charge in [0.05, 0.1) is 12.8 Å². The quantitative estimate of drug-likeness (QED) is 0.748. The fourth-order valence-corrected chi connectivity index (χ4v) is 7.65. The van der Waals surface area contributed by atoms with E-state index in [2.05, 4.69) is 40.9 Å². The molecular formula is C23H33N3O. The van der Waals surface area contributed by atoms with E-state index in [1.165, 1.54) is 44.2 Å². The molecule has 0 amide bonds. The highest BCUT2D eigenvalue weighted by Crippen LogP contribution is 2.71. The molecule has 2 aliphatic heterocycles. The zero-order chi connectivity index (χ0) is 18.4. The van der Waals surface area contributed by atoms with E-state index >= 15 is 0 Å². The van der Waals surface area contributed by atoms with E-state index in [9.17, 15) is 0 Å². The normalized spacial score (nSPS) is 42.3. The number of rotatable bonds is 2. The van der Waals surface area contributed by atoms with Crippen molar-refractivity contribution in [2.45, 2.75) is 55.5 Å². The molecule has 2 spiro atoms. The van der Waals surface area contributed by atoms with Gasteiger partial charge in [-0.3, -0.25) is 4.90 Å². The van der Waals surface area contributed by atoms with Crippen LogP contribution in [0.2, 0.25) is 0 Å². The van der Waals surface area contributed by atoms with Crippen molar-refractivity contribution in [1.82, 2.24) is 9.80 Å². The van der Waals surface area contributed by atoms with Crippen LogP contribution in [0.1, 0.15) is 43.2 Å². The number of hydrogen-bond donors (Lipinski definition) is 0. The van der Waals surface area contributed by atoms with Crippen LogP contribution in [0.3, 0.4) is 0 Å². The van der Waals surface area contributed by atoms with Gasteiger partial charge in [-0.1, -0.05) is 12.8 Å². The van der Waals surface area contributed by atoms with Crippen molar-refractivity contribution in [3.63, 3.8) is 0 Å². The van der Waals surface area contributed by atoms with Gasteiger partial charge in [0.15, 0.2) is 0 Å². The van der Waals surface area contributed by atoms with Crippen LogP contribution >= 0.6 is 0 Å². The molecule has 0 radical (unpaired) electrons. The highest BCUT2D eigenvalue weighted by molar-refractivity contribution is 5.66. The van der Waals surface area contributed by atoms with Crippen LogP contribution in [0.15, 0.2) is 12.1 Å². The fourth-order valence-electron chi connectivity index (χ4n) is 7.65. The summed E-state index contributed by atoms with van der Waals surface area (Å²) in [4.78, 5) is 7.71.